The molecule has 1 unspecified atom stereocenters. The number of carbonyl (C=O) groups is 1. The smallest absolute Gasteiger partial charge is 0.264 e. The van der Waals surface area contributed by atoms with Crippen molar-refractivity contribution in [3.05, 3.63) is 58.0 Å². The predicted octanol–water partition coefficient (Wildman–Crippen LogP) is 5.62. The first-order chi connectivity index (χ1) is 14.7. The van der Waals surface area contributed by atoms with Crippen LogP contribution in [0.2, 0.25) is 0 Å². The Balaban J connectivity index is 1.69. The molecule has 31 heavy (non-hydrogen) atoms. The quantitative estimate of drug-likeness (QED) is 0.636. The zero-order chi connectivity index (χ0) is 22.3. The van der Waals surface area contributed by atoms with Gasteiger partial charge in [0, 0.05) is 29.9 Å². The van der Waals surface area contributed by atoms with E-state index < -0.39 is 0 Å². The fourth-order valence-electron chi connectivity index (χ4n) is 4.34. The molecule has 1 atom stereocenters. The topological polar surface area (TPSA) is 53.9 Å². The zero-order valence-corrected chi connectivity index (χ0v) is 19.8. The van der Waals surface area contributed by atoms with Crippen molar-refractivity contribution in [2.75, 3.05) is 19.1 Å². The van der Waals surface area contributed by atoms with Crippen molar-refractivity contribution in [3.63, 3.8) is 0 Å². The van der Waals surface area contributed by atoms with Gasteiger partial charge in [-0.15, -0.1) is 0 Å². The van der Waals surface area contributed by atoms with Gasteiger partial charge in [0.15, 0.2) is 5.17 Å². The summed E-state index contributed by atoms with van der Waals surface area (Å²) in [7, 11) is 3.81. The molecule has 1 amide bonds. The molecule has 1 N–H and O–H groups in total. The number of amidine groups is 1. The maximum absolute atomic E-state index is 12.6. The van der Waals surface area contributed by atoms with Crippen molar-refractivity contribution in [3.8, 4) is 5.75 Å². The van der Waals surface area contributed by atoms with Gasteiger partial charge in [0.05, 0.1) is 17.7 Å². The van der Waals surface area contributed by atoms with Gasteiger partial charge in [-0.3, -0.25) is 4.79 Å². The normalized spacial score (nSPS) is 22.6. The minimum Gasteiger partial charge on any atom is -0.496 e. The molecule has 0 spiro atoms. The van der Waals surface area contributed by atoms with Crippen molar-refractivity contribution in [2.45, 2.75) is 45.6 Å². The number of nitrogens with zero attached hydrogens (tertiary/aromatic N) is 2. The van der Waals surface area contributed by atoms with Crippen LogP contribution >= 0.6 is 11.8 Å². The van der Waals surface area contributed by atoms with Gasteiger partial charge in [0.1, 0.15) is 5.75 Å². The van der Waals surface area contributed by atoms with Crippen molar-refractivity contribution >= 4 is 40.3 Å². The second kappa shape index (κ2) is 8.08. The van der Waals surface area contributed by atoms with E-state index in [2.05, 4.69) is 55.2 Å². The van der Waals surface area contributed by atoms with Crippen LogP contribution in [-0.2, 0) is 4.79 Å². The lowest BCUT2D eigenvalue weighted by molar-refractivity contribution is -0.115. The summed E-state index contributed by atoms with van der Waals surface area (Å²) in [4.78, 5) is 20.1. The first kappa shape index (κ1) is 21.5. The summed E-state index contributed by atoms with van der Waals surface area (Å²) in [5.74, 6) is 1.05. The Morgan fingerprint density at radius 3 is 2.77 bits per heavy atom. The third-order valence-corrected chi connectivity index (χ3v) is 7.06. The molecular formula is C25H29N3O2S. The molecule has 1 saturated heterocycles. The lowest BCUT2D eigenvalue weighted by atomic mass is 9.80. The fraction of sp³-hybridized carbons (Fsp3) is 0.360. The van der Waals surface area contributed by atoms with Gasteiger partial charge in [-0.25, -0.2) is 4.99 Å². The number of ether oxygens (including phenoxy) is 1. The number of carbonyl (C=O) groups excluding carboxylic acids is 1. The van der Waals surface area contributed by atoms with Gasteiger partial charge in [-0.05, 0) is 80.3 Å². The molecule has 2 aromatic carbocycles. The summed E-state index contributed by atoms with van der Waals surface area (Å²) in [5.41, 5.74) is 5.43. The minimum absolute atomic E-state index is 0.0831. The number of thioether (sulfide) groups is 1. The summed E-state index contributed by atoms with van der Waals surface area (Å²) in [6.45, 7) is 8.82. The van der Waals surface area contributed by atoms with Crippen LogP contribution in [0.3, 0.4) is 0 Å². The molecule has 162 valence electrons. The molecule has 0 saturated carbocycles. The number of anilines is 1. The number of nitrogens with one attached hydrogen (secondary N) is 1. The molecule has 0 bridgehead atoms. The SMILES string of the molecule is COc1cc2c(cc1/C=C1/SC(=Nc3cccc(C)c3)NC1=O)C(C)CC(C)(C)N2C. The van der Waals surface area contributed by atoms with E-state index in [1.807, 2.05) is 37.3 Å². The standard InChI is InChI=1S/C25H29N3O2S/c1-15-8-7-9-18(10-15)26-24-27-23(29)22(31-24)12-17-11-19-16(2)14-25(3,4)28(5)20(19)13-21(17)30-6/h7-13,16H,14H2,1-6H3,(H,26,27,29)/b22-12+. The van der Waals surface area contributed by atoms with Gasteiger partial charge < -0.3 is 15.0 Å². The Bertz CT molecular complexity index is 1100. The van der Waals surface area contributed by atoms with Crippen LogP contribution in [0.4, 0.5) is 11.4 Å². The van der Waals surface area contributed by atoms with Crippen LogP contribution in [-0.4, -0.2) is 30.8 Å². The molecule has 2 heterocycles. The maximum Gasteiger partial charge on any atom is 0.264 e. The summed E-state index contributed by atoms with van der Waals surface area (Å²) >= 11 is 1.36. The summed E-state index contributed by atoms with van der Waals surface area (Å²) < 4.78 is 5.70. The number of amides is 1. The lowest BCUT2D eigenvalue weighted by Gasteiger charge is -2.45. The van der Waals surface area contributed by atoms with Crippen LogP contribution in [0.1, 0.15) is 49.8 Å². The third kappa shape index (κ3) is 4.22. The van der Waals surface area contributed by atoms with Gasteiger partial charge in [0.25, 0.3) is 5.91 Å². The van der Waals surface area contributed by atoms with E-state index in [0.717, 1.165) is 29.0 Å². The summed E-state index contributed by atoms with van der Waals surface area (Å²) in [5, 5.41) is 3.47. The first-order valence-electron chi connectivity index (χ1n) is 10.5. The van der Waals surface area contributed by atoms with Gasteiger partial charge in [-0.1, -0.05) is 19.1 Å². The Morgan fingerprint density at radius 1 is 1.29 bits per heavy atom. The van der Waals surface area contributed by atoms with Crippen LogP contribution in [0, 0.1) is 6.92 Å². The molecule has 0 aliphatic carbocycles. The van der Waals surface area contributed by atoms with Crippen LogP contribution < -0.4 is 15.0 Å². The highest BCUT2D eigenvalue weighted by atomic mass is 32.2. The highest BCUT2D eigenvalue weighted by Crippen LogP contribution is 2.45. The van der Waals surface area contributed by atoms with E-state index in [9.17, 15) is 4.79 Å². The maximum atomic E-state index is 12.6. The summed E-state index contributed by atoms with van der Waals surface area (Å²) in [6.07, 6.45) is 2.98. The third-order valence-electron chi connectivity index (χ3n) is 6.15. The number of rotatable bonds is 3. The molecule has 2 aliphatic rings. The Morgan fingerprint density at radius 2 is 2.06 bits per heavy atom. The lowest BCUT2D eigenvalue weighted by Crippen LogP contribution is -2.45. The highest BCUT2D eigenvalue weighted by molar-refractivity contribution is 8.18. The number of hydrogen-bond donors (Lipinski definition) is 1. The Kier molecular flexibility index (Phi) is 5.60. The number of methoxy groups -OCH3 is 1. The van der Waals surface area contributed by atoms with E-state index >= 15 is 0 Å². The molecule has 0 radical (unpaired) electrons. The molecule has 6 heteroatoms. The van der Waals surface area contributed by atoms with Gasteiger partial charge in [0.2, 0.25) is 0 Å². The fourth-order valence-corrected chi connectivity index (χ4v) is 5.17. The summed E-state index contributed by atoms with van der Waals surface area (Å²) in [6, 6.07) is 12.2. The van der Waals surface area contributed by atoms with E-state index in [0.29, 0.717) is 16.0 Å². The van der Waals surface area contributed by atoms with E-state index in [4.69, 9.17) is 4.74 Å². The molecule has 2 aromatic rings. The second-order valence-electron chi connectivity index (χ2n) is 8.95. The molecule has 4 rings (SSSR count). The van der Waals surface area contributed by atoms with E-state index in [-0.39, 0.29) is 11.4 Å². The molecular weight excluding hydrogens is 406 g/mol. The van der Waals surface area contributed by atoms with Crippen molar-refractivity contribution in [1.29, 1.82) is 0 Å². The van der Waals surface area contributed by atoms with Gasteiger partial charge >= 0.3 is 0 Å². The largest absolute Gasteiger partial charge is 0.496 e. The number of aliphatic imine (C=N–C) groups is 1. The number of benzene rings is 2. The molecule has 5 nitrogen and oxygen atoms in total. The minimum atomic E-state index is -0.137. The zero-order valence-electron chi connectivity index (χ0n) is 18.9. The molecule has 0 aromatic heterocycles. The average molecular weight is 436 g/mol. The number of hydrogen-bond acceptors (Lipinski definition) is 5. The van der Waals surface area contributed by atoms with Crippen LogP contribution in [0.15, 0.2) is 46.3 Å². The number of aryl methyl sites for hydroxylation is 1. The van der Waals surface area contributed by atoms with Gasteiger partial charge in [-0.2, -0.15) is 0 Å². The monoisotopic (exact) mass is 435 g/mol. The van der Waals surface area contributed by atoms with E-state index in [1.54, 1.807) is 7.11 Å². The Labute approximate surface area is 188 Å². The first-order valence-corrected chi connectivity index (χ1v) is 11.3. The van der Waals surface area contributed by atoms with Crippen molar-refractivity contribution in [2.24, 2.45) is 4.99 Å². The average Bonchev–Trinajstić information content (AvgIpc) is 3.04. The number of fused-ring (bicyclic) bond motifs is 1. The molecule has 2 aliphatic heterocycles. The van der Waals surface area contributed by atoms with Crippen LogP contribution in [0.5, 0.6) is 5.75 Å². The second-order valence-corrected chi connectivity index (χ2v) is 9.98. The predicted molar refractivity (Wildman–Crippen MR) is 130 cm³/mol. The van der Waals surface area contributed by atoms with Crippen molar-refractivity contribution in [1.82, 2.24) is 5.32 Å². The van der Waals surface area contributed by atoms with Crippen LogP contribution in [0.25, 0.3) is 6.08 Å². The van der Waals surface area contributed by atoms with Crippen molar-refractivity contribution < 1.29 is 9.53 Å². The Hall–Kier alpha value is -2.73. The van der Waals surface area contributed by atoms with E-state index in [1.165, 1.54) is 23.0 Å². The highest BCUT2D eigenvalue weighted by Gasteiger charge is 2.35. The molecule has 1 fully saturated rings.